The molecule has 156 valence electrons. The molecule has 5 heteroatoms. The highest BCUT2D eigenvalue weighted by molar-refractivity contribution is 5.77. The van der Waals surface area contributed by atoms with Crippen molar-refractivity contribution in [1.29, 1.82) is 0 Å². The van der Waals surface area contributed by atoms with E-state index in [2.05, 4.69) is 27.7 Å². The van der Waals surface area contributed by atoms with E-state index in [0.717, 1.165) is 18.2 Å². The van der Waals surface area contributed by atoms with Crippen molar-refractivity contribution in [2.24, 2.45) is 17.3 Å². The lowest BCUT2D eigenvalue weighted by atomic mass is 9.60. The topological polar surface area (TPSA) is 76.7 Å². The highest BCUT2D eigenvalue weighted by Crippen LogP contribution is 2.49. The smallest absolute Gasteiger partial charge is 0.336 e. The molecule has 1 saturated carbocycles. The lowest BCUT2D eigenvalue weighted by Crippen LogP contribution is -2.41. The van der Waals surface area contributed by atoms with Crippen LogP contribution in [0.4, 0.5) is 0 Å². The Bertz CT molecular complexity index is 986. The monoisotopic (exact) mass is 398 g/mol. The summed E-state index contributed by atoms with van der Waals surface area (Å²) in [4.78, 5) is 22.5. The molecule has 1 aromatic heterocycles. The largest absolute Gasteiger partial charge is 0.493 e. The number of allylic oxidation sites excluding steroid dienone is 1. The van der Waals surface area contributed by atoms with Crippen LogP contribution >= 0.6 is 0 Å². The van der Waals surface area contributed by atoms with Crippen molar-refractivity contribution < 1.29 is 19.1 Å². The first kappa shape index (κ1) is 21.2. The summed E-state index contributed by atoms with van der Waals surface area (Å²) in [6.45, 7) is 9.33. The van der Waals surface area contributed by atoms with Gasteiger partial charge < -0.3 is 14.3 Å². The van der Waals surface area contributed by atoms with Crippen molar-refractivity contribution in [3.8, 4) is 5.75 Å². The number of carbonyl (C=O) groups is 1. The zero-order valence-electron chi connectivity index (χ0n) is 17.7. The summed E-state index contributed by atoms with van der Waals surface area (Å²) in [5.41, 5.74) is 2.46. The first-order valence-corrected chi connectivity index (χ1v) is 10.3. The van der Waals surface area contributed by atoms with Gasteiger partial charge in [0.2, 0.25) is 0 Å². The minimum Gasteiger partial charge on any atom is -0.493 e. The first-order valence-electron chi connectivity index (χ1n) is 10.3. The predicted octanol–water partition coefficient (Wildman–Crippen LogP) is 5.43. The number of ether oxygens (including phenoxy) is 1. The second-order valence-corrected chi connectivity index (χ2v) is 8.62. The average molecular weight is 398 g/mol. The minimum atomic E-state index is -0.766. The van der Waals surface area contributed by atoms with E-state index in [4.69, 9.17) is 14.3 Å². The van der Waals surface area contributed by atoms with E-state index in [-0.39, 0.29) is 17.5 Å². The summed E-state index contributed by atoms with van der Waals surface area (Å²) in [6.07, 6.45) is 2.81. The quantitative estimate of drug-likeness (QED) is 0.519. The van der Waals surface area contributed by atoms with Crippen molar-refractivity contribution in [1.82, 2.24) is 0 Å². The van der Waals surface area contributed by atoms with E-state index < -0.39 is 5.97 Å². The zero-order valence-corrected chi connectivity index (χ0v) is 17.7. The van der Waals surface area contributed by atoms with Crippen LogP contribution in [0.1, 0.15) is 53.4 Å². The standard InChI is InChI=1S/C24H30O5/c1-15-5-10-20(16(2)6-11-22(25)26)24(4,17(15)3)14-28-19-9-7-18-8-12-23(27)29-21(18)13-19/h7-9,12-13,15,17H,5-6,10-11,14H2,1-4H3,(H,25,26)/b20-16-. The maximum Gasteiger partial charge on any atom is 0.336 e. The minimum absolute atomic E-state index is 0.153. The van der Waals surface area contributed by atoms with Crippen LogP contribution in [0.5, 0.6) is 5.75 Å². The summed E-state index contributed by atoms with van der Waals surface area (Å²) in [5, 5.41) is 9.92. The van der Waals surface area contributed by atoms with Crippen molar-refractivity contribution in [2.75, 3.05) is 6.61 Å². The molecule has 3 unspecified atom stereocenters. The summed E-state index contributed by atoms with van der Waals surface area (Å²) in [6, 6.07) is 8.69. The molecule has 1 heterocycles. The molecule has 1 N–H and O–H groups in total. The van der Waals surface area contributed by atoms with Gasteiger partial charge in [-0.1, -0.05) is 31.9 Å². The van der Waals surface area contributed by atoms with Gasteiger partial charge in [-0.3, -0.25) is 4.79 Å². The molecule has 0 amide bonds. The summed E-state index contributed by atoms with van der Waals surface area (Å²) >= 11 is 0. The highest BCUT2D eigenvalue weighted by atomic mass is 16.5. The Hall–Kier alpha value is -2.56. The molecule has 0 saturated heterocycles. The van der Waals surface area contributed by atoms with E-state index in [9.17, 15) is 9.59 Å². The van der Waals surface area contributed by atoms with Crippen LogP contribution in [0, 0.1) is 17.3 Å². The molecule has 1 aliphatic carbocycles. The molecule has 1 aliphatic rings. The Morgan fingerprint density at radius 1 is 1.24 bits per heavy atom. The Balaban J connectivity index is 1.87. The van der Waals surface area contributed by atoms with Crippen molar-refractivity contribution >= 4 is 16.9 Å². The second kappa shape index (κ2) is 8.44. The van der Waals surface area contributed by atoms with Crippen LogP contribution in [0.2, 0.25) is 0 Å². The number of carboxylic acid groups (broad SMARTS) is 1. The van der Waals surface area contributed by atoms with Gasteiger partial charge in [0.05, 0.1) is 6.61 Å². The number of hydrogen-bond donors (Lipinski definition) is 1. The number of carboxylic acids is 1. The fraction of sp³-hybridized carbons (Fsp3) is 0.500. The van der Waals surface area contributed by atoms with Gasteiger partial charge in [-0.05, 0) is 56.2 Å². The maximum atomic E-state index is 11.5. The Labute approximate surface area is 171 Å². The van der Waals surface area contributed by atoms with Crippen LogP contribution in [0.25, 0.3) is 11.0 Å². The Morgan fingerprint density at radius 2 is 1.97 bits per heavy atom. The summed E-state index contributed by atoms with van der Waals surface area (Å²) < 4.78 is 11.5. The van der Waals surface area contributed by atoms with Gasteiger partial charge in [0.15, 0.2) is 0 Å². The summed E-state index contributed by atoms with van der Waals surface area (Å²) in [5.74, 6) is 0.873. The van der Waals surface area contributed by atoms with E-state index >= 15 is 0 Å². The Kier molecular flexibility index (Phi) is 6.15. The number of benzene rings is 1. The third-order valence-corrected chi connectivity index (χ3v) is 6.76. The fourth-order valence-electron chi connectivity index (χ4n) is 4.54. The molecule has 0 spiro atoms. The third kappa shape index (κ3) is 4.55. The lowest BCUT2D eigenvalue weighted by molar-refractivity contribution is -0.136. The van der Waals surface area contributed by atoms with Gasteiger partial charge in [-0.15, -0.1) is 0 Å². The Morgan fingerprint density at radius 3 is 2.69 bits per heavy atom. The third-order valence-electron chi connectivity index (χ3n) is 6.76. The average Bonchev–Trinajstić information content (AvgIpc) is 2.68. The van der Waals surface area contributed by atoms with Gasteiger partial charge >= 0.3 is 11.6 Å². The van der Waals surface area contributed by atoms with E-state index in [0.29, 0.717) is 36.2 Å². The van der Waals surface area contributed by atoms with Crippen LogP contribution in [0.15, 0.2) is 50.7 Å². The van der Waals surface area contributed by atoms with Crippen LogP contribution in [-0.2, 0) is 4.79 Å². The van der Waals surface area contributed by atoms with E-state index in [1.807, 2.05) is 12.1 Å². The van der Waals surface area contributed by atoms with Crippen LogP contribution in [0.3, 0.4) is 0 Å². The molecule has 5 nitrogen and oxygen atoms in total. The van der Waals surface area contributed by atoms with Gasteiger partial charge in [0.25, 0.3) is 0 Å². The van der Waals surface area contributed by atoms with Gasteiger partial charge in [-0.2, -0.15) is 0 Å². The van der Waals surface area contributed by atoms with Crippen LogP contribution in [-0.4, -0.2) is 17.7 Å². The second-order valence-electron chi connectivity index (χ2n) is 8.62. The molecule has 3 rings (SSSR count). The number of hydrogen-bond acceptors (Lipinski definition) is 4. The SMILES string of the molecule is C/C(CCC(=O)O)=C1\CCC(C)C(C)C1(C)COc1ccc2ccc(=O)oc2c1. The van der Waals surface area contributed by atoms with Gasteiger partial charge in [-0.25, -0.2) is 4.79 Å². The van der Waals surface area contributed by atoms with Gasteiger partial charge in [0.1, 0.15) is 11.3 Å². The lowest BCUT2D eigenvalue weighted by Gasteiger charge is -2.46. The predicted molar refractivity (Wildman–Crippen MR) is 113 cm³/mol. The number of aliphatic carboxylic acids is 1. The summed E-state index contributed by atoms with van der Waals surface area (Å²) in [7, 11) is 0. The molecule has 2 aromatic rings. The first-order chi connectivity index (χ1) is 13.7. The van der Waals surface area contributed by atoms with Crippen molar-refractivity contribution in [3.63, 3.8) is 0 Å². The highest BCUT2D eigenvalue weighted by Gasteiger charge is 2.42. The molecule has 0 bridgehead atoms. The molecule has 0 aliphatic heterocycles. The molecule has 1 fully saturated rings. The normalized spacial score (nSPS) is 26.3. The van der Waals surface area contributed by atoms with E-state index in [1.165, 1.54) is 17.2 Å². The zero-order chi connectivity index (χ0) is 21.2. The van der Waals surface area contributed by atoms with Crippen LogP contribution < -0.4 is 10.4 Å². The fourth-order valence-corrected chi connectivity index (χ4v) is 4.54. The van der Waals surface area contributed by atoms with Crippen molar-refractivity contribution in [2.45, 2.75) is 53.4 Å². The molecule has 0 radical (unpaired) electrons. The van der Waals surface area contributed by atoms with E-state index in [1.54, 1.807) is 12.1 Å². The molecular weight excluding hydrogens is 368 g/mol. The molecular formula is C24H30O5. The van der Waals surface area contributed by atoms with Gasteiger partial charge in [0, 0.05) is 29.4 Å². The number of rotatable bonds is 6. The van der Waals surface area contributed by atoms with Crippen molar-refractivity contribution in [3.05, 3.63) is 51.9 Å². The molecule has 3 atom stereocenters. The molecule has 1 aromatic carbocycles. The number of fused-ring (bicyclic) bond motifs is 1. The molecule has 29 heavy (non-hydrogen) atoms. The maximum absolute atomic E-state index is 11.5.